The average molecular weight is 339 g/mol. The van der Waals surface area contributed by atoms with Crippen molar-refractivity contribution >= 4 is 22.9 Å². The van der Waals surface area contributed by atoms with E-state index in [1.165, 1.54) is 10.8 Å². The van der Waals surface area contributed by atoms with Gasteiger partial charge in [0.05, 0.1) is 11.9 Å². The van der Waals surface area contributed by atoms with E-state index < -0.39 is 0 Å². The third kappa shape index (κ3) is 3.26. The van der Waals surface area contributed by atoms with E-state index in [0.29, 0.717) is 5.56 Å². The predicted octanol–water partition coefficient (Wildman–Crippen LogP) is 4.39. The molecule has 4 aromatic rings. The Morgan fingerprint density at radius 1 is 0.846 bits per heavy atom. The zero-order valence-corrected chi connectivity index (χ0v) is 14.0. The lowest BCUT2D eigenvalue weighted by atomic mass is 10.1. The first-order chi connectivity index (χ1) is 12.8. The minimum atomic E-state index is -0.231. The van der Waals surface area contributed by atoms with Crippen molar-refractivity contribution < 1.29 is 4.79 Å². The third-order valence-electron chi connectivity index (χ3n) is 4.19. The van der Waals surface area contributed by atoms with Crippen LogP contribution in [0.1, 0.15) is 16.1 Å². The lowest BCUT2D eigenvalue weighted by molar-refractivity contribution is 0.0955. The molecule has 26 heavy (non-hydrogen) atoms. The molecule has 1 aromatic heterocycles. The molecule has 3 aromatic carbocycles. The SMILES string of the molecule is O=C(N/N=C/c1cccn1-c1ccc2ccccc2c1)c1ccccc1. The summed E-state index contributed by atoms with van der Waals surface area (Å²) in [5, 5.41) is 6.48. The van der Waals surface area contributed by atoms with E-state index in [1.807, 2.05) is 53.2 Å². The molecule has 4 heteroatoms. The lowest BCUT2D eigenvalue weighted by Crippen LogP contribution is -2.17. The third-order valence-corrected chi connectivity index (χ3v) is 4.19. The molecule has 0 fully saturated rings. The van der Waals surface area contributed by atoms with Crippen LogP contribution in [0, 0.1) is 0 Å². The van der Waals surface area contributed by atoms with Gasteiger partial charge in [0.15, 0.2) is 0 Å². The molecule has 0 spiro atoms. The van der Waals surface area contributed by atoms with Crippen molar-refractivity contribution in [3.8, 4) is 5.69 Å². The van der Waals surface area contributed by atoms with Gasteiger partial charge in [-0.1, -0.05) is 48.5 Å². The standard InChI is InChI=1S/C22H17N3O/c26-22(18-8-2-1-3-9-18)24-23-16-21-11-6-14-25(21)20-13-12-17-7-4-5-10-19(17)15-20/h1-16H,(H,24,26)/b23-16+. The van der Waals surface area contributed by atoms with E-state index in [2.05, 4.69) is 40.9 Å². The van der Waals surface area contributed by atoms with Crippen LogP contribution in [-0.4, -0.2) is 16.7 Å². The summed E-state index contributed by atoms with van der Waals surface area (Å²) in [5.41, 5.74) is 5.07. The topological polar surface area (TPSA) is 46.4 Å². The summed E-state index contributed by atoms with van der Waals surface area (Å²) in [5.74, 6) is -0.231. The van der Waals surface area contributed by atoms with Gasteiger partial charge in [0.1, 0.15) is 0 Å². The number of rotatable bonds is 4. The highest BCUT2D eigenvalue weighted by Gasteiger charge is 2.04. The molecule has 0 aliphatic carbocycles. The highest BCUT2D eigenvalue weighted by molar-refractivity contribution is 5.94. The first-order valence-corrected chi connectivity index (χ1v) is 8.36. The zero-order chi connectivity index (χ0) is 17.8. The van der Waals surface area contributed by atoms with Crippen LogP contribution in [0.15, 0.2) is 96.2 Å². The molecule has 4 nitrogen and oxygen atoms in total. The van der Waals surface area contributed by atoms with Gasteiger partial charge in [0.25, 0.3) is 5.91 Å². The first-order valence-electron chi connectivity index (χ1n) is 8.36. The number of carbonyl (C=O) groups excluding carboxylic acids is 1. The van der Waals surface area contributed by atoms with E-state index in [9.17, 15) is 4.79 Å². The van der Waals surface area contributed by atoms with E-state index in [1.54, 1.807) is 18.3 Å². The van der Waals surface area contributed by atoms with Gasteiger partial charge in [0, 0.05) is 17.4 Å². The molecule has 126 valence electrons. The molecule has 4 rings (SSSR count). The Hall–Kier alpha value is -3.66. The molecule has 0 atom stereocenters. The zero-order valence-electron chi connectivity index (χ0n) is 14.0. The number of carbonyl (C=O) groups is 1. The molecule has 0 saturated heterocycles. The normalized spacial score (nSPS) is 11.1. The second kappa shape index (κ2) is 7.07. The van der Waals surface area contributed by atoms with Crippen molar-refractivity contribution in [3.05, 3.63) is 102 Å². The number of benzene rings is 3. The molecule has 0 bridgehead atoms. The van der Waals surface area contributed by atoms with Crippen molar-refractivity contribution in [1.82, 2.24) is 9.99 Å². The summed E-state index contributed by atoms with van der Waals surface area (Å²) in [6.45, 7) is 0. The molecular weight excluding hydrogens is 322 g/mol. The second-order valence-electron chi connectivity index (χ2n) is 5.90. The van der Waals surface area contributed by atoms with Crippen LogP contribution in [0.4, 0.5) is 0 Å². The van der Waals surface area contributed by atoms with E-state index >= 15 is 0 Å². The smallest absolute Gasteiger partial charge is 0.271 e. The van der Waals surface area contributed by atoms with Crippen LogP contribution in [0.25, 0.3) is 16.5 Å². The molecule has 1 N–H and O–H groups in total. The summed E-state index contributed by atoms with van der Waals surface area (Å²) in [6.07, 6.45) is 3.63. The second-order valence-corrected chi connectivity index (χ2v) is 5.90. The van der Waals surface area contributed by atoms with Gasteiger partial charge in [-0.25, -0.2) is 5.43 Å². The van der Waals surface area contributed by atoms with Gasteiger partial charge in [-0.05, 0) is 47.2 Å². The Bertz CT molecular complexity index is 1080. The number of amides is 1. The fraction of sp³-hybridized carbons (Fsp3) is 0. The summed E-state index contributed by atoms with van der Waals surface area (Å²) in [4.78, 5) is 12.0. The molecular formula is C22H17N3O. The summed E-state index contributed by atoms with van der Waals surface area (Å²) >= 11 is 0. The van der Waals surface area contributed by atoms with Gasteiger partial charge >= 0.3 is 0 Å². The Morgan fingerprint density at radius 2 is 1.62 bits per heavy atom. The maximum Gasteiger partial charge on any atom is 0.271 e. The predicted molar refractivity (Wildman–Crippen MR) is 105 cm³/mol. The van der Waals surface area contributed by atoms with Gasteiger partial charge in [-0.2, -0.15) is 5.10 Å². The van der Waals surface area contributed by atoms with E-state index in [-0.39, 0.29) is 5.91 Å². The number of hydrogen-bond acceptors (Lipinski definition) is 2. The van der Waals surface area contributed by atoms with E-state index in [4.69, 9.17) is 0 Å². The van der Waals surface area contributed by atoms with Crippen LogP contribution in [0.2, 0.25) is 0 Å². The minimum Gasteiger partial charge on any atom is -0.316 e. The summed E-state index contributed by atoms with van der Waals surface area (Å²) in [6, 6.07) is 27.5. The monoisotopic (exact) mass is 339 g/mol. The fourth-order valence-corrected chi connectivity index (χ4v) is 2.87. The number of fused-ring (bicyclic) bond motifs is 1. The van der Waals surface area contributed by atoms with E-state index in [0.717, 1.165) is 11.4 Å². The van der Waals surface area contributed by atoms with Crippen molar-refractivity contribution in [3.63, 3.8) is 0 Å². The molecule has 1 heterocycles. The van der Waals surface area contributed by atoms with Crippen molar-refractivity contribution in [1.29, 1.82) is 0 Å². The summed E-state index contributed by atoms with van der Waals surface area (Å²) in [7, 11) is 0. The van der Waals surface area contributed by atoms with Gasteiger partial charge in [-0.3, -0.25) is 4.79 Å². The Morgan fingerprint density at radius 3 is 2.46 bits per heavy atom. The lowest BCUT2D eigenvalue weighted by Gasteiger charge is -2.08. The molecule has 0 radical (unpaired) electrons. The van der Waals surface area contributed by atoms with Crippen molar-refractivity contribution in [2.75, 3.05) is 0 Å². The van der Waals surface area contributed by atoms with Crippen molar-refractivity contribution in [2.45, 2.75) is 0 Å². The minimum absolute atomic E-state index is 0.231. The van der Waals surface area contributed by atoms with Gasteiger partial charge in [0.2, 0.25) is 0 Å². The maximum absolute atomic E-state index is 12.0. The number of nitrogens with zero attached hydrogens (tertiary/aromatic N) is 2. The van der Waals surface area contributed by atoms with Crippen LogP contribution < -0.4 is 5.43 Å². The number of hydrogen-bond donors (Lipinski definition) is 1. The summed E-state index contributed by atoms with van der Waals surface area (Å²) < 4.78 is 2.03. The Balaban J connectivity index is 1.55. The Kier molecular flexibility index (Phi) is 4.31. The van der Waals surface area contributed by atoms with Gasteiger partial charge in [-0.15, -0.1) is 0 Å². The molecule has 0 aliphatic rings. The Labute approximate surface area is 151 Å². The van der Waals surface area contributed by atoms with Gasteiger partial charge < -0.3 is 4.57 Å². The number of nitrogens with one attached hydrogen (secondary N) is 1. The fourth-order valence-electron chi connectivity index (χ4n) is 2.87. The largest absolute Gasteiger partial charge is 0.316 e. The molecule has 0 saturated carbocycles. The number of aromatic nitrogens is 1. The van der Waals surface area contributed by atoms with Crippen LogP contribution in [0.5, 0.6) is 0 Å². The van der Waals surface area contributed by atoms with Crippen LogP contribution in [0.3, 0.4) is 0 Å². The molecule has 0 aliphatic heterocycles. The molecule has 0 unspecified atom stereocenters. The van der Waals surface area contributed by atoms with Crippen LogP contribution in [-0.2, 0) is 0 Å². The molecule has 1 amide bonds. The first kappa shape index (κ1) is 15.8. The van der Waals surface area contributed by atoms with Crippen molar-refractivity contribution in [2.24, 2.45) is 5.10 Å². The number of hydrazone groups is 1. The average Bonchev–Trinajstić information content (AvgIpc) is 3.17. The highest BCUT2D eigenvalue weighted by atomic mass is 16.2. The van der Waals surface area contributed by atoms with Crippen LogP contribution >= 0.6 is 0 Å². The quantitative estimate of drug-likeness (QED) is 0.435. The highest BCUT2D eigenvalue weighted by Crippen LogP contribution is 2.19. The maximum atomic E-state index is 12.0.